The summed E-state index contributed by atoms with van der Waals surface area (Å²) in [5.74, 6) is 0.830. The van der Waals surface area contributed by atoms with Crippen molar-refractivity contribution in [2.45, 2.75) is 38.0 Å². The maximum Gasteiger partial charge on any atom is 0.0858 e. The van der Waals surface area contributed by atoms with Gasteiger partial charge in [0, 0.05) is 49.7 Å². The minimum Gasteiger partial charge on any atom is -0.396 e. The molecule has 126 valence electrons. The van der Waals surface area contributed by atoms with E-state index >= 15 is 0 Å². The molecule has 0 saturated carbocycles. The minimum atomic E-state index is 0.0107. The molecule has 3 saturated heterocycles. The van der Waals surface area contributed by atoms with Crippen LogP contribution in [0.3, 0.4) is 0 Å². The van der Waals surface area contributed by atoms with Gasteiger partial charge in [0.1, 0.15) is 0 Å². The van der Waals surface area contributed by atoms with E-state index in [9.17, 15) is 5.11 Å². The highest BCUT2D eigenvalue weighted by atomic mass is 16.5. The number of hydrogen-bond donors (Lipinski definition) is 1. The van der Waals surface area contributed by atoms with Crippen LogP contribution in [0, 0.1) is 18.8 Å². The Morgan fingerprint density at radius 2 is 2.29 bits per heavy atom. The van der Waals surface area contributed by atoms with Crippen LogP contribution in [0.25, 0.3) is 10.9 Å². The van der Waals surface area contributed by atoms with Crippen LogP contribution < -0.4 is 0 Å². The number of aliphatic hydroxyl groups excluding tert-OH is 1. The van der Waals surface area contributed by atoms with Gasteiger partial charge in [-0.3, -0.25) is 9.88 Å². The van der Waals surface area contributed by atoms with Crippen molar-refractivity contribution in [2.24, 2.45) is 11.8 Å². The molecule has 2 bridgehead atoms. The molecule has 2 aromatic rings. The zero-order valence-electron chi connectivity index (χ0n) is 14.1. The molecule has 3 aliphatic rings. The average molecular weight is 324 g/mol. The largest absolute Gasteiger partial charge is 0.396 e. The molecule has 5 rings (SSSR count). The van der Waals surface area contributed by atoms with Crippen LogP contribution in [0.4, 0.5) is 0 Å². The van der Waals surface area contributed by atoms with Crippen LogP contribution in [-0.4, -0.2) is 46.4 Å². The molecule has 0 aliphatic carbocycles. The molecular formula is C20H24N2O2. The zero-order valence-corrected chi connectivity index (χ0v) is 14.1. The van der Waals surface area contributed by atoms with Gasteiger partial charge in [0.05, 0.1) is 17.2 Å². The summed E-state index contributed by atoms with van der Waals surface area (Å²) >= 11 is 0. The van der Waals surface area contributed by atoms with Crippen LogP contribution in [-0.2, 0) is 11.3 Å². The van der Waals surface area contributed by atoms with Crippen LogP contribution in [0.15, 0.2) is 30.5 Å². The number of benzene rings is 1. The van der Waals surface area contributed by atoms with Crippen molar-refractivity contribution < 1.29 is 9.84 Å². The fraction of sp³-hybridized carbons (Fsp3) is 0.550. The molecule has 1 N–H and O–H groups in total. The number of likely N-dealkylation sites (tertiary alicyclic amines) is 1. The Morgan fingerprint density at radius 1 is 1.38 bits per heavy atom. The standard InChI is InChI=1S/C20H24N2O2/c1-13-4-5-14(15-3-2-8-21-19(13)15)9-22-10-17-16(11-23)18-6-7-20(17,12-22)24-18/h2-5,8,16-18,23H,6-7,9-12H2,1H3/t16-,17+,18+,20+/m0/s1. The monoisotopic (exact) mass is 324 g/mol. The molecule has 4 heterocycles. The second kappa shape index (κ2) is 5.25. The minimum absolute atomic E-state index is 0.0107. The lowest BCUT2D eigenvalue weighted by atomic mass is 9.74. The van der Waals surface area contributed by atoms with E-state index < -0.39 is 0 Å². The van der Waals surface area contributed by atoms with Crippen molar-refractivity contribution in [3.05, 3.63) is 41.6 Å². The Bertz CT molecular complexity index is 792. The highest BCUT2D eigenvalue weighted by Gasteiger charge is 2.62. The fourth-order valence-electron chi connectivity index (χ4n) is 5.40. The van der Waals surface area contributed by atoms with E-state index in [-0.39, 0.29) is 12.2 Å². The molecule has 1 aromatic carbocycles. The molecule has 0 radical (unpaired) electrons. The SMILES string of the molecule is Cc1ccc(CN2C[C@@H]3[C@H](CO)[C@H]4CC[C@]3(C2)O4)c2cccnc12. The highest BCUT2D eigenvalue weighted by molar-refractivity contribution is 5.84. The number of fused-ring (bicyclic) bond motifs is 2. The van der Waals surface area contributed by atoms with E-state index in [2.05, 4.69) is 35.0 Å². The normalized spacial score (nSPS) is 35.0. The van der Waals surface area contributed by atoms with Crippen LogP contribution in [0.2, 0.25) is 0 Å². The Labute approximate surface area is 142 Å². The summed E-state index contributed by atoms with van der Waals surface area (Å²) in [4.78, 5) is 7.08. The van der Waals surface area contributed by atoms with Crippen molar-refractivity contribution in [3.8, 4) is 0 Å². The van der Waals surface area contributed by atoms with Gasteiger partial charge in [-0.2, -0.15) is 0 Å². The van der Waals surface area contributed by atoms with E-state index in [1.54, 1.807) is 0 Å². The first-order valence-electron chi connectivity index (χ1n) is 9.04. The van der Waals surface area contributed by atoms with E-state index in [0.29, 0.717) is 17.9 Å². The number of aliphatic hydroxyl groups is 1. The smallest absolute Gasteiger partial charge is 0.0858 e. The third-order valence-corrected chi connectivity index (χ3v) is 6.52. The van der Waals surface area contributed by atoms with Crippen molar-refractivity contribution in [1.82, 2.24) is 9.88 Å². The number of pyridine rings is 1. The lowest BCUT2D eigenvalue weighted by molar-refractivity contribution is 0.000410. The van der Waals surface area contributed by atoms with E-state index in [0.717, 1.165) is 38.0 Å². The van der Waals surface area contributed by atoms with Gasteiger partial charge in [-0.25, -0.2) is 0 Å². The molecule has 4 atom stereocenters. The summed E-state index contributed by atoms with van der Waals surface area (Å²) in [6, 6.07) is 8.62. The summed E-state index contributed by atoms with van der Waals surface area (Å²) in [6.07, 6.45) is 4.45. The molecule has 3 aliphatic heterocycles. The number of ether oxygens (including phenoxy) is 1. The molecule has 1 spiro atoms. The first kappa shape index (κ1) is 14.8. The molecule has 4 nitrogen and oxygen atoms in total. The molecule has 1 aromatic heterocycles. The first-order valence-corrected chi connectivity index (χ1v) is 9.04. The van der Waals surface area contributed by atoms with Gasteiger partial charge in [0.25, 0.3) is 0 Å². The van der Waals surface area contributed by atoms with Gasteiger partial charge in [-0.1, -0.05) is 18.2 Å². The third-order valence-electron chi connectivity index (χ3n) is 6.52. The fourth-order valence-corrected chi connectivity index (χ4v) is 5.40. The van der Waals surface area contributed by atoms with Gasteiger partial charge in [-0.15, -0.1) is 0 Å². The van der Waals surface area contributed by atoms with Crippen molar-refractivity contribution in [1.29, 1.82) is 0 Å². The van der Waals surface area contributed by atoms with Crippen molar-refractivity contribution in [3.63, 3.8) is 0 Å². The lowest BCUT2D eigenvalue weighted by Crippen LogP contribution is -2.37. The summed E-state index contributed by atoms with van der Waals surface area (Å²) in [7, 11) is 0. The number of rotatable bonds is 3. The first-order chi connectivity index (χ1) is 11.7. The van der Waals surface area contributed by atoms with Crippen LogP contribution in [0.5, 0.6) is 0 Å². The molecule has 0 amide bonds. The Kier molecular flexibility index (Phi) is 3.24. The number of aryl methyl sites for hydroxylation is 1. The molecule has 4 heteroatoms. The maximum absolute atomic E-state index is 9.77. The predicted molar refractivity (Wildman–Crippen MR) is 92.7 cm³/mol. The van der Waals surface area contributed by atoms with Crippen LogP contribution in [0.1, 0.15) is 24.0 Å². The Hall–Kier alpha value is -1.49. The highest BCUT2D eigenvalue weighted by Crippen LogP contribution is 2.54. The number of hydrogen-bond acceptors (Lipinski definition) is 4. The van der Waals surface area contributed by atoms with Gasteiger partial charge in [0.15, 0.2) is 0 Å². The zero-order chi connectivity index (χ0) is 16.3. The van der Waals surface area contributed by atoms with E-state index in [4.69, 9.17) is 4.74 Å². The van der Waals surface area contributed by atoms with Crippen LogP contribution >= 0.6 is 0 Å². The Morgan fingerprint density at radius 3 is 3.17 bits per heavy atom. The third kappa shape index (κ3) is 2.00. The maximum atomic E-state index is 9.77. The lowest BCUT2D eigenvalue weighted by Gasteiger charge is -2.28. The predicted octanol–water partition coefficient (Wildman–Crippen LogP) is 2.51. The van der Waals surface area contributed by atoms with E-state index in [1.807, 2.05) is 12.3 Å². The number of aromatic nitrogens is 1. The van der Waals surface area contributed by atoms with Gasteiger partial charge in [0.2, 0.25) is 0 Å². The summed E-state index contributed by atoms with van der Waals surface area (Å²) < 4.78 is 6.35. The molecule has 0 unspecified atom stereocenters. The molecular weight excluding hydrogens is 300 g/mol. The average Bonchev–Trinajstić information content (AvgIpc) is 3.24. The molecule has 3 fully saturated rings. The quantitative estimate of drug-likeness (QED) is 0.942. The topological polar surface area (TPSA) is 45.6 Å². The summed E-state index contributed by atoms with van der Waals surface area (Å²) in [5.41, 5.74) is 3.69. The van der Waals surface area contributed by atoms with Gasteiger partial charge >= 0.3 is 0 Å². The van der Waals surface area contributed by atoms with Gasteiger partial charge < -0.3 is 9.84 Å². The van der Waals surface area contributed by atoms with Crippen molar-refractivity contribution in [2.75, 3.05) is 19.7 Å². The van der Waals surface area contributed by atoms with Gasteiger partial charge in [-0.05, 0) is 37.0 Å². The van der Waals surface area contributed by atoms with Crippen molar-refractivity contribution >= 4 is 10.9 Å². The second-order valence-electron chi connectivity index (χ2n) is 7.82. The number of nitrogens with zero attached hydrogens (tertiary/aromatic N) is 2. The Balaban J connectivity index is 1.43. The second-order valence-corrected chi connectivity index (χ2v) is 7.82. The summed E-state index contributed by atoms with van der Waals surface area (Å²) in [6.45, 7) is 5.36. The molecule has 24 heavy (non-hydrogen) atoms. The van der Waals surface area contributed by atoms with E-state index in [1.165, 1.54) is 16.5 Å². The summed E-state index contributed by atoms with van der Waals surface area (Å²) in [5, 5.41) is 11.0.